The first-order chi connectivity index (χ1) is 15.6. The molecule has 2 amide bonds. The number of benzene rings is 3. The predicted molar refractivity (Wildman–Crippen MR) is 123 cm³/mol. The molecule has 0 saturated heterocycles. The van der Waals surface area contributed by atoms with Crippen LogP contribution in [0.15, 0.2) is 84.0 Å². The van der Waals surface area contributed by atoms with Gasteiger partial charge in [0.2, 0.25) is 5.91 Å². The molecule has 0 spiro atoms. The van der Waals surface area contributed by atoms with Gasteiger partial charge in [0.25, 0.3) is 5.91 Å². The van der Waals surface area contributed by atoms with Gasteiger partial charge < -0.3 is 14.8 Å². The fraction of sp³-hybridized carbons (Fsp3) is 0.160. The fourth-order valence-corrected chi connectivity index (χ4v) is 3.21. The van der Waals surface area contributed by atoms with E-state index in [1.165, 1.54) is 6.21 Å². The maximum Gasteiger partial charge on any atom is 0.259 e. The Kier molecular flexibility index (Phi) is 7.97. The second-order valence-corrected chi connectivity index (χ2v) is 6.88. The Hall–Kier alpha value is -4.13. The van der Waals surface area contributed by atoms with Gasteiger partial charge in [0, 0.05) is 0 Å². The van der Waals surface area contributed by atoms with E-state index < -0.39 is 11.8 Å². The van der Waals surface area contributed by atoms with Crippen LogP contribution < -0.4 is 20.2 Å². The number of ether oxygens (including phenoxy) is 2. The Balaban J connectivity index is 1.59. The summed E-state index contributed by atoms with van der Waals surface area (Å²) in [6.07, 6.45) is 1.48. The normalized spacial score (nSPS) is 10.7. The number of nitrogens with one attached hydrogen (secondary N) is 2. The van der Waals surface area contributed by atoms with Crippen LogP contribution in [0.4, 0.5) is 0 Å². The van der Waals surface area contributed by atoms with Crippen molar-refractivity contribution in [2.24, 2.45) is 5.10 Å². The van der Waals surface area contributed by atoms with E-state index >= 15 is 0 Å². The summed E-state index contributed by atoms with van der Waals surface area (Å²) in [6, 6.07) is 24.2. The Bertz CT molecular complexity index is 1030. The third kappa shape index (κ3) is 5.95. The molecule has 3 rings (SSSR count). The van der Waals surface area contributed by atoms with Crippen LogP contribution in [0.1, 0.15) is 22.6 Å². The second kappa shape index (κ2) is 11.3. The Morgan fingerprint density at radius 2 is 1.47 bits per heavy atom. The van der Waals surface area contributed by atoms with E-state index in [4.69, 9.17) is 9.47 Å². The van der Waals surface area contributed by atoms with Crippen LogP contribution in [-0.4, -0.2) is 38.8 Å². The summed E-state index contributed by atoms with van der Waals surface area (Å²) >= 11 is 0. The minimum atomic E-state index is -0.513. The van der Waals surface area contributed by atoms with Gasteiger partial charge in [-0.3, -0.25) is 9.59 Å². The summed E-state index contributed by atoms with van der Waals surface area (Å²) in [7, 11) is 3.10. The molecule has 164 valence electrons. The lowest BCUT2D eigenvalue weighted by atomic mass is 9.90. The predicted octanol–water partition coefficient (Wildman–Crippen LogP) is 3.10. The van der Waals surface area contributed by atoms with Crippen molar-refractivity contribution in [2.75, 3.05) is 20.8 Å². The molecule has 0 aliphatic heterocycles. The Morgan fingerprint density at radius 1 is 0.875 bits per heavy atom. The highest BCUT2D eigenvalue weighted by atomic mass is 16.5. The summed E-state index contributed by atoms with van der Waals surface area (Å²) in [5, 5.41) is 6.64. The molecule has 0 aliphatic carbocycles. The zero-order valence-corrected chi connectivity index (χ0v) is 17.9. The van der Waals surface area contributed by atoms with E-state index in [2.05, 4.69) is 15.8 Å². The third-order valence-electron chi connectivity index (χ3n) is 4.76. The van der Waals surface area contributed by atoms with Crippen molar-refractivity contribution in [3.05, 3.63) is 95.6 Å². The van der Waals surface area contributed by atoms with Crippen molar-refractivity contribution in [3.63, 3.8) is 0 Å². The zero-order chi connectivity index (χ0) is 22.8. The van der Waals surface area contributed by atoms with Crippen LogP contribution in [0.5, 0.6) is 11.5 Å². The molecule has 0 radical (unpaired) electrons. The molecule has 7 heteroatoms. The fourth-order valence-electron chi connectivity index (χ4n) is 3.21. The van der Waals surface area contributed by atoms with Crippen molar-refractivity contribution in [2.45, 2.75) is 5.92 Å². The van der Waals surface area contributed by atoms with Gasteiger partial charge in [-0.05, 0) is 34.9 Å². The standard InChI is InChI=1S/C25H25N3O4/c1-31-21-14-13-18(15-22(21)32-2)16-27-28-23(29)17-26-25(30)24(19-9-5-3-6-10-19)20-11-7-4-8-12-20/h3-16,24H,17H2,1-2H3,(H,26,30)(H,28,29)/b27-16+. The molecular formula is C25H25N3O4. The summed E-state index contributed by atoms with van der Waals surface area (Å²) in [5.74, 6) is -0.0532. The molecule has 2 N–H and O–H groups in total. The number of hydrogen-bond donors (Lipinski definition) is 2. The van der Waals surface area contributed by atoms with Crippen LogP contribution in [0, 0.1) is 0 Å². The molecule has 3 aromatic carbocycles. The van der Waals surface area contributed by atoms with Crippen LogP contribution in [0.3, 0.4) is 0 Å². The number of methoxy groups -OCH3 is 2. The average Bonchev–Trinajstić information content (AvgIpc) is 2.84. The van der Waals surface area contributed by atoms with E-state index in [0.29, 0.717) is 11.5 Å². The number of hydrazone groups is 1. The monoisotopic (exact) mass is 431 g/mol. The van der Waals surface area contributed by atoms with Gasteiger partial charge in [0.15, 0.2) is 11.5 Å². The highest BCUT2D eigenvalue weighted by molar-refractivity contribution is 5.91. The van der Waals surface area contributed by atoms with Gasteiger partial charge >= 0.3 is 0 Å². The molecule has 0 unspecified atom stereocenters. The number of hydrogen-bond acceptors (Lipinski definition) is 5. The molecule has 0 heterocycles. The van der Waals surface area contributed by atoms with Crippen molar-refractivity contribution >= 4 is 18.0 Å². The molecule has 0 fully saturated rings. The van der Waals surface area contributed by atoms with Crippen molar-refractivity contribution < 1.29 is 19.1 Å². The molecule has 3 aromatic rings. The van der Waals surface area contributed by atoms with E-state index in [0.717, 1.165) is 16.7 Å². The molecule has 0 aromatic heterocycles. The van der Waals surface area contributed by atoms with Crippen molar-refractivity contribution in [1.29, 1.82) is 0 Å². The molecule has 0 aliphatic rings. The van der Waals surface area contributed by atoms with Gasteiger partial charge in [-0.25, -0.2) is 5.43 Å². The quantitative estimate of drug-likeness (QED) is 0.403. The van der Waals surface area contributed by atoms with Crippen LogP contribution in [-0.2, 0) is 9.59 Å². The molecular weight excluding hydrogens is 406 g/mol. The van der Waals surface area contributed by atoms with Crippen molar-refractivity contribution in [1.82, 2.24) is 10.7 Å². The third-order valence-corrected chi connectivity index (χ3v) is 4.76. The summed E-state index contributed by atoms with van der Waals surface area (Å²) in [4.78, 5) is 25.1. The van der Waals surface area contributed by atoms with Crippen LogP contribution >= 0.6 is 0 Å². The lowest BCUT2D eigenvalue weighted by Crippen LogP contribution is -2.37. The maximum atomic E-state index is 12.9. The average molecular weight is 431 g/mol. The van der Waals surface area contributed by atoms with E-state index in [1.807, 2.05) is 60.7 Å². The van der Waals surface area contributed by atoms with Gasteiger partial charge in [-0.2, -0.15) is 5.10 Å². The smallest absolute Gasteiger partial charge is 0.259 e. The second-order valence-electron chi connectivity index (χ2n) is 6.88. The van der Waals surface area contributed by atoms with Gasteiger partial charge in [0.1, 0.15) is 0 Å². The first kappa shape index (κ1) is 22.6. The minimum Gasteiger partial charge on any atom is -0.493 e. The van der Waals surface area contributed by atoms with Gasteiger partial charge in [0.05, 0.1) is 32.9 Å². The van der Waals surface area contributed by atoms with Gasteiger partial charge in [-0.1, -0.05) is 60.7 Å². The van der Waals surface area contributed by atoms with E-state index in [-0.39, 0.29) is 12.5 Å². The molecule has 32 heavy (non-hydrogen) atoms. The van der Waals surface area contributed by atoms with Gasteiger partial charge in [-0.15, -0.1) is 0 Å². The number of amides is 2. The summed E-state index contributed by atoms with van der Waals surface area (Å²) < 4.78 is 10.4. The first-order valence-electron chi connectivity index (χ1n) is 10.0. The zero-order valence-electron chi connectivity index (χ0n) is 17.9. The number of rotatable bonds is 9. The highest BCUT2D eigenvalue weighted by Gasteiger charge is 2.22. The van der Waals surface area contributed by atoms with Crippen LogP contribution in [0.25, 0.3) is 0 Å². The Labute approximate surface area is 187 Å². The maximum absolute atomic E-state index is 12.9. The summed E-state index contributed by atoms with van der Waals surface area (Å²) in [5.41, 5.74) is 4.84. The molecule has 7 nitrogen and oxygen atoms in total. The lowest BCUT2D eigenvalue weighted by molar-refractivity contribution is -0.126. The van der Waals surface area contributed by atoms with Crippen LogP contribution in [0.2, 0.25) is 0 Å². The molecule has 0 bridgehead atoms. The SMILES string of the molecule is COc1ccc(/C=N/NC(=O)CNC(=O)C(c2ccccc2)c2ccccc2)cc1OC. The van der Waals surface area contributed by atoms with Crippen molar-refractivity contribution in [3.8, 4) is 11.5 Å². The number of carbonyl (C=O) groups is 2. The van der Waals surface area contributed by atoms with E-state index in [1.54, 1.807) is 32.4 Å². The number of nitrogens with zero attached hydrogens (tertiary/aromatic N) is 1. The number of carbonyl (C=O) groups excluding carboxylic acids is 2. The first-order valence-corrected chi connectivity index (χ1v) is 10.0. The Morgan fingerprint density at radius 3 is 2.03 bits per heavy atom. The largest absolute Gasteiger partial charge is 0.493 e. The molecule has 0 saturated carbocycles. The lowest BCUT2D eigenvalue weighted by Gasteiger charge is -2.17. The highest BCUT2D eigenvalue weighted by Crippen LogP contribution is 2.27. The summed E-state index contributed by atoms with van der Waals surface area (Å²) in [6.45, 7) is -0.196. The minimum absolute atomic E-state index is 0.196. The van der Waals surface area contributed by atoms with E-state index in [9.17, 15) is 9.59 Å². The molecule has 0 atom stereocenters. The topological polar surface area (TPSA) is 89.0 Å².